The van der Waals surface area contributed by atoms with Crippen LogP contribution in [0.25, 0.3) is 17.7 Å². The van der Waals surface area contributed by atoms with E-state index in [1.165, 1.54) is 12.3 Å². The summed E-state index contributed by atoms with van der Waals surface area (Å²) in [6, 6.07) is 8.88. The van der Waals surface area contributed by atoms with Crippen molar-refractivity contribution >= 4 is 12.0 Å². The van der Waals surface area contributed by atoms with Crippen molar-refractivity contribution in [3.63, 3.8) is 0 Å². The van der Waals surface area contributed by atoms with Crippen molar-refractivity contribution in [1.29, 1.82) is 0 Å². The fourth-order valence-electron chi connectivity index (χ4n) is 2.38. The molecule has 0 atom stereocenters. The lowest BCUT2D eigenvalue weighted by molar-refractivity contribution is -0.139. The lowest BCUT2D eigenvalue weighted by Gasteiger charge is -2.11. The Hall–Kier alpha value is -3.55. The molecule has 1 aromatic carbocycles. The number of carbonyl (C=O) groups excluding carboxylic acids is 1. The molecule has 0 aliphatic carbocycles. The molecule has 0 amide bonds. The van der Waals surface area contributed by atoms with Crippen LogP contribution in [0.4, 0.5) is 0 Å². The average Bonchev–Trinajstić information content (AvgIpc) is 3.42. The van der Waals surface area contributed by atoms with Gasteiger partial charge in [-0.25, -0.2) is 4.79 Å². The molecule has 2 aromatic heterocycles. The smallest absolute Gasteiger partial charge is 0.331 e. The van der Waals surface area contributed by atoms with Gasteiger partial charge in [0.05, 0.1) is 19.5 Å². The third-order valence-electron chi connectivity index (χ3n) is 3.68. The van der Waals surface area contributed by atoms with Gasteiger partial charge >= 0.3 is 5.97 Å². The van der Waals surface area contributed by atoms with Crippen molar-refractivity contribution in [2.75, 3.05) is 13.2 Å². The van der Waals surface area contributed by atoms with Gasteiger partial charge in [0.1, 0.15) is 0 Å². The number of rotatable bonds is 10. The molecule has 29 heavy (non-hydrogen) atoms. The van der Waals surface area contributed by atoms with Gasteiger partial charge in [-0.1, -0.05) is 13.0 Å². The van der Waals surface area contributed by atoms with E-state index in [0.29, 0.717) is 30.5 Å². The quantitative estimate of drug-likeness (QED) is 0.369. The van der Waals surface area contributed by atoms with Crippen LogP contribution < -0.4 is 9.47 Å². The van der Waals surface area contributed by atoms with E-state index in [4.69, 9.17) is 23.0 Å². The molecular weight excluding hydrogens is 376 g/mol. The molecule has 152 valence electrons. The van der Waals surface area contributed by atoms with E-state index < -0.39 is 5.97 Å². The number of aromatic nitrogens is 2. The van der Waals surface area contributed by atoms with Crippen LogP contribution in [0, 0.1) is 0 Å². The molecular formula is C21H22N2O6. The van der Waals surface area contributed by atoms with Crippen LogP contribution in [0.2, 0.25) is 0 Å². The Balaban J connectivity index is 1.56. The molecule has 2 heterocycles. The maximum Gasteiger partial charge on any atom is 0.331 e. The van der Waals surface area contributed by atoms with E-state index in [0.717, 1.165) is 12.0 Å². The zero-order valence-corrected chi connectivity index (χ0v) is 16.3. The second-order valence-electron chi connectivity index (χ2n) is 5.91. The van der Waals surface area contributed by atoms with Gasteiger partial charge in [-0.15, -0.1) is 10.2 Å². The molecule has 0 bridgehead atoms. The van der Waals surface area contributed by atoms with Gasteiger partial charge in [0.15, 0.2) is 23.9 Å². The fourth-order valence-corrected chi connectivity index (χ4v) is 2.38. The molecule has 0 saturated heterocycles. The lowest BCUT2D eigenvalue weighted by atomic mass is 10.2. The Morgan fingerprint density at radius 2 is 2.03 bits per heavy atom. The first-order valence-electron chi connectivity index (χ1n) is 9.30. The van der Waals surface area contributed by atoms with Crippen molar-refractivity contribution in [2.24, 2.45) is 0 Å². The SMILES string of the molecule is CCCOc1ccc(/C=C/C(=O)OCc2nnc(-c3ccco3)o2)cc1OCC. The van der Waals surface area contributed by atoms with Crippen molar-refractivity contribution in [2.45, 2.75) is 26.9 Å². The molecule has 0 unspecified atom stereocenters. The number of ether oxygens (including phenoxy) is 3. The highest BCUT2D eigenvalue weighted by atomic mass is 16.5. The monoisotopic (exact) mass is 398 g/mol. The molecule has 3 aromatic rings. The van der Waals surface area contributed by atoms with Gasteiger partial charge in [-0.2, -0.15) is 0 Å². The summed E-state index contributed by atoms with van der Waals surface area (Å²) < 4.78 is 27.0. The van der Waals surface area contributed by atoms with Crippen LogP contribution in [-0.2, 0) is 16.1 Å². The summed E-state index contributed by atoms with van der Waals surface area (Å²) in [5.41, 5.74) is 0.784. The number of hydrogen-bond acceptors (Lipinski definition) is 8. The van der Waals surface area contributed by atoms with Crippen molar-refractivity contribution in [1.82, 2.24) is 10.2 Å². The largest absolute Gasteiger partial charge is 0.490 e. The molecule has 8 nitrogen and oxygen atoms in total. The molecule has 0 radical (unpaired) electrons. The van der Waals surface area contributed by atoms with Crippen LogP contribution in [0.15, 0.2) is 51.5 Å². The number of nitrogens with zero attached hydrogens (tertiary/aromatic N) is 2. The minimum absolute atomic E-state index is 0.134. The first-order chi connectivity index (χ1) is 14.2. The number of benzene rings is 1. The summed E-state index contributed by atoms with van der Waals surface area (Å²) >= 11 is 0. The fraction of sp³-hybridized carbons (Fsp3) is 0.286. The third kappa shape index (κ3) is 5.71. The second-order valence-corrected chi connectivity index (χ2v) is 5.91. The summed E-state index contributed by atoms with van der Waals surface area (Å²) in [6.07, 6.45) is 5.36. The Morgan fingerprint density at radius 3 is 2.79 bits per heavy atom. The van der Waals surface area contributed by atoms with E-state index >= 15 is 0 Å². The first kappa shape index (κ1) is 20.2. The van der Waals surface area contributed by atoms with E-state index in [1.807, 2.05) is 32.0 Å². The molecule has 8 heteroatoms. The molecule has 0 fully saturated rings. The van der Waals surface area contributed by atoms with Crippen LogP contribution in [0.3, 0.4) is 0 Å². The first-order valence-corrected chi connectivity index (χ1v) is 9.30. The Labute approximate surface area is 168 Å². The molecule has 0 aliphatic rings. The van der Waals surface area contributed by atoms with E-state index in [2.05, 4.69) is 10.2 Å². The van der Waals surface area contributed by atoms with Gasteiger partial charge in [-0.05, 0) is 49.2 Å². The number of carbonyl (C=O) groups is 1. The minimum Gasteiger partial charge on any atom is -0.490 e. The van der Waals surface area contributed by atoms with Crippen LogP contribution >= 0.6 is 0 Å². The Bertz CT molecular complexity index is 946. The number of hydrogen-bond donors (Lipinski definition) is 0. The highest BCUT2D eigenvalue weighted by Crippen LogP contribution is 2.29. The standard InChI is InChI=1S/C21H22N2O6/c1-3-11-26-16-9-7-15(13-18(16)25-4-2)8-10-20(24)28-14-19-22-23-21(29-19)17-6-5-12-27-17/h5-10,12-13H,3-4,11,14H2,1-2H3/b10-8+. The van der Waals surface area contributed by atoms with Gasteiger partial charge in [0, 0.05) is 6.08 Å². The van der Waals surface area contributed by atoms with Gasteiger partial charge in [0.25, 0.3) is 11.8 Å². The zero-order valence-electron chi connectivity index (χ0n) is 16.3. The molecule has 3 rings (SSSR count). The predicted molar refractivity (Wildman–Crippen MR) is 104 cm³/mol. The summed E-state index contributed by atoms with van der Waals surface area (Å²) in [4.78, 5) is 12.0. The van der Waals surface area contributed by atoms with Crippen molar-refractivity contribution in [3.05, 3.63) is 54.1 Å². The highest BCUT2D eigenvalue weighted by molar-refractivity contribution is 5.87. The Morgan fingerprint density at radius 1 is 1.14 bits per heavy atom. The molecule has 0 saturated carbocycles. The van der Waals surface area contributed by atoms with Crippen LogP contribution in [-0.4, -0.2) is 29.4 Å². The van der Waals surface area contributed by atoms with E-state index in [9.17, 15) is 4.79 Å². The zero-order chi connectivity index (χ0) is 20.5. The summed E-state index contributed by atoms with van der Waals surface area (Å²) in [6.45, 7) is 4.93. The maximum absolute atomic E-state index is 12.0. The van der Waals surface area contributed by atoms with Crippen molar-refractivity contribution in [3.8, 4) is 23.1 Å². The summed E-state index contributed by atoms with van der Waals surface area (Å²) in [7, 11) is 0. The van der Waals surface area contributed by atoms with Gasteiger partial charge in [-0.3, -0.25) is 0 Å². The second kappa shape index (κ2) is 10.1. The van der Waals surface area contributed by atoms with Crippen LogP contribution in [0.5, 0.6) is 11.5 Å². The Kier molecular flexibility index (Phi) is 7.05. The third-order valence-corrected chi connectivity index (χ3v) is 3.68. The summed E-state index contributed by atoms with van der Waals surface area (Å²) in [5, 5.41) is 7.66. The number of furan rings is 1. The normalized spacial score (nSPS) is 11.0. The van der Waals surface area contributed by atoms with Crippen LogP contribution in [0.1, 0.15) is 31.7 Å². The summed E-state index contributed by atoms with van der Waals surface area (Å²) in [5.74, 6) is 1.63. The van der Waals surface area contributed by atoms with Gasteiger partial charge in [0.2, 0.25) is 0 Å². The minimum atomic E-state index is -0.535. The van der Waals surface area contributed by atoms with E-state index in [-0.39, 0.29) is 18.4 Å². The lowest BCUT2D eigenvalue weighted by Crippen LogP contribution is -2.01. The number of esters is 1. The maximum atomic E-state index is 12.0. The average molecular weight is 398 g/mol. The van der Waals surface area contributed by atoms with Gasteiger partial charge < -0.3 is 23.0 Å². The predicted octanol–water partition coefficient (Wildman–Crippen LogP) is 4.27. The van der Waals surface area contributed by atoms with Crippen molar-refractivity contribution < 1.29 is 27.8 Å². The van der Waals surface area contributed by atoms with E-state index in [1.54, 1.807) is 18.2 Å². The molecule has 0 aliphatic heterocycles. The molecule has 0 N–H and O–H groups in total. The molecule has 0 spiro atoms. The topological polar surface area (TPSA) is 96.8 Å². The highest BCUT2D eigenvalue weighted by Gasteiger charge is 2.12.